The highest BCUT2D eigenvalue weighted by Gasteiger charge is 2.17. The van der Waals surface area contributed by atoms with Crippen molar-refractivity contribution in [2.45, 2.75) is 18.9 Å². The summed E-state index contributed by atoms with van der Waals surface area (Å²) in [6.45, 7) is 1.94. The molecule has 0 aliphatic carbocycles. The van der Waals surface area contributed by atoms with E-state index >= 15 is 0 Å². The number of halogens is 1. The molecule has 15 heavy (non-hydrogen) atoms. The number of amides is 1. The Kier molecular flexibility index (Phi) is 4.93. The molecule has 2 N–H and O–H groups in total. The van der Waals surface area contributed by atoms with Crippen LogP contribution >= 0.6 is 24.1 Å². The summed E-state index contributed by atoms with van der Waals surface area (Å²) in [7, 11) is 0. The smallest absolute Gasteiger partial charge is 0.272 e. The minimum atomic E-state index is -0.106. The Morgan fingerprint density at radius 2 is 2.27 bits per heavy atom. The second-order valence-electron chi connectivity index (χ2n) is 3.29. The number of piperidine rings is 1. The molecule has 5 nitrogen and oxygen atoms in total. The maximum absolute atomic E-state index is 11.5. The van der Waals surface area contributed by atoms with E-state index in [1.165, 1.54) is 6.20 Å². The number of nitrogens with one attached hydrogen (secondary N) is 2. The van der Waals surface area contributed by atoms with Gasteiger partial charge in [0.25, 0.3) is 5.91 Å². The standard InChI is InChI=1S/C8H12N4OS.ClH/c13-8(7-5-10-14-12-7)11-6-1-3-9-4-2-6;/h5-6,9H,1-4H2,(H,11,13);1H. The quantitative estimate of drug-likeness (QED) is 0.797. The molecular weight excluding hydrogens is 236 g/mol. The third-order valence-corrected chi connectivity index (χ3v) is 2.75. The average molecular weight is 249 g/mol. The van der Waals surface area contributed by atoms with Crippen molar-refractivity contribution in [3.05, 3.63) is 11.9 Å². The third-order valence-electron chi connectivity index (χ3n) is 2.27. The van der Waals surface area contributed by atoms with Crippen LogP contribution in [0.5, 0.6) is 0 Å². The van der Waals surface area contributed by atoms with Crippen LogP contribution in [0.1, 0.15) is 23.3 Å². The zero-order valence-electron chi connectivity index (χ0n) is 8.10. The molecule has 0 atom stereocenters. The molecule has 1 aliphatic heterocycles. The van der Waals surface area contributed by atoms with Crippen molar-refractivity contribution in [3.63, 3.8) is 0 Å². The van der Waals surface area contributed by atoms with Crippen LogP contribution < -0.4 is 10.6 Å². The summed E-state index contributed by atoms with van der Waals surface area (Å²) in [6.07, 6.45) is 3.48. The van der Waals surface area contributed by atoms with Gasteiger partial charge in [-0.25, -0.2) is 0 Å². The van der Waals surface area contributed by atoms with E-state index in [-0.39, 0.29) is 24.4 Å². The molecule has 0 bridgehead atoms. The van der Waals surface area contributed by atoms with Crippen LogP contribution in [-0.2, 0) is 0 Å². The van der Waals surface area contributed by atoms with Gasteiger partial charge < -0.3 is 10.6 Å². The maximum Gasteiger partial charge on any atom is 0.272 e. The van der Waals surface area contributed by atoms with Crippen LogP contribution in [0.2, 0.25) is 0 Å². The van der Waals surface area contributed by atoms with Crippen molar-refractivity contribution in [3.8, 4) is 0 Å². The van der Waals surface area contributed by atoms with E-state index < -0.39 is 0 Å². The highest BCUT2D eigenvalue weighted by Crippen LogP contribution is 2.03. The van der Waals surface area contributed by atoms with Gasteiger partial charge in [-0.2, -0.15) is 8.75 Å². The van der Waals surface area contributed by atoms with Crippen LogP contribution in [0.25, 0.3) is 0 Å². The van der Waals surface area contributed by atoms with Gasteiger partial charge in [0.2, 0.25) is 0 Å². The molecule has 1 aliphatic rings. The highest BCUT2D eigenvalue weighted by atomic mass is 35.5. The molecule has 0 radical (unpaired) electrons. The largest absolute Gasteiger partial charge is 0.348 e. The molecule has 7 heteroatoms. The number of nitrogens with zero attached hydrogens (tertiary/aromatic N) is 2. The van der Waals surface area contributed by atoms with Crippen molar-refractivity contribution >= 4 is 30.0 Å². The predicted molar refractivity (Wildman–Crippen MR) is 60.5 cm³/mol. The van der Waals surface area contributed by atoms with Crippen LogP contribution in [0, 0.1) is 0 Å². The monoisotopic (exact) mass is 248 g/mol. The zero-order chi connectivity index (χ0) is 9.80. The summed E-state index contributed by atoms with van der Waals surface area (Å²) in [5.41, 5.74) is 0.425. The Balaban J connectivity index is 0.00000112. The Hall–Kier alpha value is -0.720. The number of carbonyl (C=O) groups is 1. The Morgan fingerprint density at radius 3 is 2.87 bits per heavy atom. The molecule has 2 heterocycles. The van der Waals surface area contributed by atoms with Gasteiger partial charge in [0.15, 0.2) is 5.69 Å². The third kappa shape index (κ3) is 3.40. The van der Waals surface area contributed by atoms with Gasteiger partial charge in [0, 0.05) is 6.04 Å². The van der Waals surface area contributed by atoms with Gasteiger partial charge in [0.05, 0.1) is 17.9 Å². The lowest BCUT2D eigenvalue weighted by atomic mass is 10.1. The molecule has 0 aromatic carbocycles. The fourth-order valence-electron chi connectivity index (χ4n) is 1.49. The second kappa shape index (κ2) is 5.99. The molecular formula is C8H13ClN4OS. The predicted octanol–water partition coefficient (Wildman–Crippen LogP) is 0.442. The Bertz CT molecular complexity index is 300. The molecule has 0 spiro atoms. The fourth-order valence-corrected chi connectivity index (χ4v) is 1.90. The number of aromatic nitrogens is 2. The summed E-state index contributed by atoms with van der Waals surface area (Å²) in [6, 6.07) is 0.283. The second-order valence-corrected chi connectivity index (χ2v) is 3.85. The average Bonchev–Trinajstić information content (AvgIpc) is 2.72. The highest BCUT2D eigenvalue weighted by molar-refractivity contribution is 6.99. The molecule has 2 rings (SSSR count). The molecule has 1 aromatic heterocycles. The molecule has 1 saturated heterocycles. The summed E-state index contributed by atoms with van der Waals surface area (Å²) < 4.78 is 7.68. The van der Waals surface area contributed by atoms with E-state index in [1.54, 1.807) is 0 Å². The Labute approximate surface area is 98.4 Å². The van der Waals surface area contributed by atoms with Crippen LogP contribution in [0.15, 0.2) is 6.20 Å². The molecule has 0 unspecified atom stereocenters. The van der Waals surface area contributed by atoms with Crippen molar-refractivity contribution in [1.29, 1.82) is 0 Å². The van der Waals surface area contributed by atoms with E-state index in [1.807, 2.05) is 0 Å². The van der Waals surface area contributed by atoms with Gasteiger partial charge in [-0.15, -0.1) is 12.4 Å². The van der Waals surface area contributed by atoms with E-state index in [9.17, 15) is 4.79 Å². The molecule has 1 amide bonds. The Morgan fingerprint density at radius 1 is 1.53 bits per heavy atom. The van der Waals surface area contributed by atoms with Gasteiger partial charge in [0.1, 0.15) is 0 Å². The molecule has 1 fully saturated rings. The van der Waals surface area contributed by atoms with Crippen molar-refractivity contribution in [2.24, 2.45) is 0 Å². The van der Waals surface area contributed by atoms with Crippen LogP contribution in [0.3, 0.4) is 0 Å². The lowest BCUT2D eigenvalue weighted by Gasteiger charge is -2.23. The topological polar surface area (TPSA) is 66.9 Å². The summed E-state index contributed by atoms with van der Waals surface area (Å²) >= 11 is 1.06. The number of carbonyl (C=O) groups excluding carboxylic acids is 1. The first-order chi connectivity index (χ1) is 6.86. The zero-order valence-corrected chi connectivity index (χ0v) is 9.74. The van der Waals surface area contributed by atoms with Crippen LogP contribution in [-0.4, -0.2) is 33.8 Å². The first-order valence-corrected chi connectivity index (χ1v) is 5.38. The van der Waals surface area contributed by atoms with Crippen molar-refractivity contribution < 1.29 is 4.79 Å². The van der Waals surface area contributed by atoms with Gasteiger partial charge >= 0.3 is 0 Å². The minimum absolute atomic E-state index is 0. The molecule has 84 valence electrons. The van der Waals surface area contributed by atoms with Gasteiger partial charge in [-0.1, -0.05) is 0 Å². The molecule has 0 saturated carbocycles. The SMILES string of the molecule is Cl.O=C(NC1CCNCC1)c1cnsn1. The van der Waals surface area contributed by atoms with E-state index in [0.717, 1.165) is 37.7 Å². The van der Waals surface area contributed by atoms with Crippen molar-refractivity contribution in [2.75, 3.05) is 13.1 Å². The van der Waals surface area contributed by atoms with E-state index in [0.29, 0.717) is 5.69 Å². The van der Waals surface area contributed by atoms with Crippen LogP contribution in [0.4, 0.5) is 0 Å². The first-order valence-electron chi connectivity index (χ1n) is 4.65. The minimum Gasteiger partial charge on any atom is -0.348 e. The normalized spacial score (nSPS) is 16.8. The molecule has 1 aromatic rings. The van der Waals surface area contributed by atoms with E-state index in [4.69, 9.17) is 0 Å². The number of rotatable bonds is 2. The van der Waals surface area contributed by atoms with Crippen molar-refractivity contribution in [1.82, 2.24) is 19.4 Å². The summed E-state index contributed by atoms with van der Waals surface area (Å²) in [5, 5.41) is 6.19. The van der Waals surface area contributed by atoms with Gasteiger partial charge in [-0.3, -0.25) is 4.79 Å². The van der Waals surface area contributed by atoms with Gasteiger partial charge in [-0.05, 0) is 25.9 Å². The summed E-state index contributed by atoms with van der Waals surface area (Å²) in [4.78, 5) is 11.5. The first kappa shape index (κ1) is 12.4. The number of hydrogen-bond donors (Lipinski definition) is 2. The lowest BCUT2D eigenvalue weighted by molar-refractivity contribution is 0.0925. The lowest BCUT2D eigenvalue weighted by Crippen LogP contribution is -2.42. The fraction of sp³-hybridized carbons (Fsp3) is 0.625. The summed E-state index contributed by atoms with van der Waals surface area (Å²) in [5.74, 6) is -0.106. The van der Waals surface area contributed by atoms with E-state index in [2.05, 4.69) is 19.4 Å². The maximum atomic E-state index is 11.5. The number of hydrogen-bond acceptors (Lipinski definition) is 5.